The fourth-order valence-electron chi connectivity index (χ4n) is 1.45. The van der Waals surface area contributed by atoms with Crippen LogP contribution in [-0.2, 0) is 18.4 Å². The molecule has 15 heavy (non-hydrogen) atoms. The average Bonchev–Trinajstić information content (AvgIpc) is 2.63. The van der Waals surface area contributed by atoms with Gasteiger partial charge in [-0.2, -0.15) is 0 Å². The van der Waals surface area contributed by atoms with Gasteiger partial charge in [0, 0.05) is 29.8 Å². The minimum absolute atomic E-state index is 0.210. The van der Waals surface area contributed by atoms with Gasteiger partial charge in [0.15, 0.2) is 0 Å². The van der Waals surface area contributed by atoms with Crippen LogP contribution < -0.4 is 5.32 Å². The van der Waals surface area contributed by atoms with Crippen molar-refractivity contribution in [3.8, 4) is 0 Å². The summed E-state index contributed by atoms with van der Waals surface area (Å²) in [4.78, 5) is 6.14. The van der Waals surface area contributed by atoms with Crippen LogP contribution in [-0.4, -0.2) is 11.5 Å². The van der Waals surface area contributed by atoms with Crippen LogP contribution in [0.2, 0.25) is 0 Å². The van der Waals surface area contributed by atoms with Crippen LogP contribution in [0.5, 0.6) is 0 Å². The molecular weight excluding hydrogens is 204 g/mol. The first-order chi connectivity index (χ1) is 7.07. The Bertz CT molecular complexity index is 286. The van der Waals surface area contributed by atoms with Crippen molar-refractivity contribution in [2.45, 2.75) is 53.0 Å². The molecule has 1 aromatic rings. The van der Waals surface area contributed by atoms with Gasteiger partial charge in [0.1, 0.15) is 0 Å². The predicted octanol–water partition coefficient (Wildman–Crippen LogP) is 3.11. The first-order valence-corrected chi connectivity index (χ1v) is 6.59. The van der Waals surface area contributed by atoms with Gasteiger partial charge in [-0.1, -0.05) is 34.6 Å². The van der Waals surface area contributed by atoms with Crippen molar-refractivity contribution >= 4 is 11.3 Å². The van der Waals surface area contributed by atoms with E-state index in [0.717, 1.165) is 19.5 Å². The monoisotopic (exact) mass is 226 g/mol. The molecule has 0 fully saturated rings. The van der Waals surface area contributed by atoms with Gasteiger partial charge in [0.2, 0.25) is 0 Å². The normalized spacial score (nSPS) is 15.3. The lowest BCUT2D eigenvalue weighted by molar-refractivity contribution is 0.578. The molecule has 1 aromatic heterocycles. The average molecular weight is 226 g/mol. The molecule has 0 atom stereocenters. The maximum Gasteiger partial charge on any atom is 0.0985 e. The number of rotatable bonds is 0. The summed E-state index contributed by atoms with van der Waals surface area (Å²) in [6.07, 6.45) is 1.10. The SMILES string of the molecule is CC.CC(C)(C)c1nc2c(s1)CNCC2. The molecule has 0 saturated heterocycles. The molecule has 0 unspecified atom stereocenters. The molecule has 2 rings (SSSR count). The second kappa shape index (κ2) is 5.08. The van der Waals surface area contributed by atoms with Crippen LogP contribution in [0.4, 0.5) is 0 Å². The van der Waals surface area contributed by atoms with E-state index in [-0.39, 0.29) is 5.41 Å². The van der Waals surface area contributed by atoms with Gasteiger partial charge in [-0.15, -0.1) is 11.3 Å². The van der Waals surface area contributed by atoms with Gasteiger partial charge in [0.05, 0.1) is 10.7 Å². The van der Waals surface area contributed by atoms with Crippen molar-refractivity contribution < 1.29 is 0 Å². The van der Waals surface area contributed by atoms with Crippen molar-refractivity contribution in [1.82, 2.24) is 10.3 Å². The van der Waals surface area contributed by atoms with Gasteiger partial charge in [-0.3, -0.25) is 0 Å². The minimum Gasteiger partial charge on any atom is -0.311 e. The Kier molecular flexibility index (Phi) is 4.29. The third kappa shape index (κ3) is 3.02. The van der Waals surface area contributed by atoms with Gasteiger partial charge >= 0.3 is 0 Å². The van der Waals surface area contributed by atoms with E-state index in [1.165, 1.54) is 15.6 Å². The molecule has 0 bridgehead atoms. The highest BCUT2D eigenvalue weighted by atomic mass is 32.1. The van der Waals surface area contributed by atoms with E-state index in [2.05, 4.69) is 26.1 Å². The van der Waals surface area contributed by atoms with E-state index < -0.39 is 0 Å². The summed E-state index contributed by atoms with van der Waals surface area (Å²) in [6, 6.07) is 0. The first kappa shape index (κ1) is 12.7. The molecule has 0 spiro atoms. The lowest BCUT2D eigenvalue weighted by atomic mass is 9.98. The molecule has 86 valence electrons. The van der Waals surface area contributed by atoms with Crippen LogP contribution in [0.1, 0.15) is 50.2 Å². The van der Waals surface area contributed by atoms with Crippen LogP contribution in [0, 0.1) is 0 Å². The minimum atomic E-state index is 0.210. The number of hydrogen-bond acceptors (Lipinski definition) is 3. The van der Waals surface area contributed by atoms with E-state index in [1.54, 1.807) is 0 Å². The summed E-state index contributed by atoms with van der Waals surface area (Å²) in [7, 11) is 0. The van der Waals surface area contributed by atoms with Gasteiger partial charge in [-0.05, 0) is 0 Å². The maximum absolute atomic E-state index is 4.70. The molecule has 0 aromatic carbocycles. The molecular formula is C12H22N2S. The Morgan fingerprint density at radius 1 is 1.27 bits per heavy atom. The molecule has 0 saturated carbocycles. The van der Waals surface area contributed by atoms with Crippen LogP contribution in [0.25, 0.3) is 0 Å². The van der Waals surface area contributed by atoms with Crippen LogP contribution in [0.15, 0.2) is 0 Å². The zero-order valence-corrected chi connectivity index (χ0v) is 11.3. The fourth-order valence-corrected chi connectivity index (χ4v) is 2.58. The largest absolute Gasteiger partial charge is 0.311 e. The molecule has 1 aliphatic rings. The molecule has 2 heterocycles. The van der Waals surface area contributed by atoms with Gasteiger partial charge in [-0.25, -0.2) is 4.98 Å². The third-order valence-electron chi connectivity index (χ3n) is 2.24. The summed E-state index contributed by atoms with van der Waals surface area (Å²) < 4.78 is 0. The molecule has 0 radical (unpaired) electrons. The molecule has 3 heteroatoms. The molecule has 0 amide bonds. The topological polar surface area (TPSA) is 24.9 Å². The van der Waals surface area contributed by atoms with Gasteiger partial charge in [0.25, 0.3) is 0 Å². The van der Waals surface area contributed by atoms with Crippen molar-refractivity contribution in [1.29, 1.82) is 0 Å². The zero-order valence-electron chi connectivity index (χ0n) is 10.5. The van der Waals surface area contributed by atoms with Crippen molar-refractivity contribution in [3.63, 3.8) is 0 Å². The van der Waals surface area contributed by atoms with Crippen LogP contribution in [0.3, 0.4) is 0 Å². The van der Waals surface area contributed by atoms with Crippen LogP contribution >= 0.6 is 11.3 Å². The smallest absolute Gasteiger partial charge is 0.0985 e. The third-order valence-corrected chi connectivity index (χ3v) is 3.77. The van der Waals surface area contributed by atoms with E-state index in [0.29, 0.717) is 0 Å². The molecule has 2 nitrogen and oxygen atoms in total. The molecule has 1 N–H and O–H groups in total. The Morgan fingerprint density at radius 2 is 1.93 bits per heavy atom. The number of thiazole rings is 1. The van der Waals surface area contributed by atoms with Gasteiger partial charge < -0.3 is 5.32 Å². The lowest BCUT2D eigenvalue weighted by Gasteiger charge is -2.13. The second-order valence-electron chi connectivity index (χ2n) is 4.57. The van der Waals surface area contributed by atoms with Crippen molar-refractivity contribution in [2.75, 3.05) is 6.54 Å². The highest BCUT2D eigenvalue weighted by Crippen LogP contribution is 2.30. The number of nitrogens with zero attached hydrogens (tertiary/aromatic N) is 1. The quantitative estimate of drug-likeness (QED) is 0.735. The number of nitrogens with one attached hydrogen (secondary N) is 1. The standard InChI is InChI=1S/C10H16N2S.C2H6/c1-10(2,3)9-12-7-4-5-11-6-8(7)13-9;1-2/h11H,4-6H2,1-3H3;1-2H3. The second-order valence-corrected chi connectivity index (χ2v) is 5.65. The van der Waals surface area contributed by atoms with E-state index >= 15 is 0 Å². The Hall–Kier alpha value is -0.410. The molecule has 1 aliphatic heterocycles. The Labute approximate surface area is 97.1 Å². The summed E-state index contributed by atoms with van der Waals surface area (Å²) >= 11 is 1.87. The predicted molar refractivity (Wildman–Crippen MR) is 67.6 cm³/mol. The lowest BCUT2D eigenvalue weighted by Crippen LogP contribution is -2.22. The summed E-state index contributed by atoms with van der Waals surface area (Å²) in [5.74, 6) is 0. The number of fused-ring (bicyclic) bond motifs is 1. The van der Waals surface area contributed by atoms with E-state index in [4.69, 9.17) is 4.98 Å². The van der Waals surface area contributed by atoms with Crippen molar-refractivity contribution in [3.05, 3.63) is 15.6 Å². The summed E-state index contributed by atoms with van der Waals surface area (Å²) in [5, 5.41) is 4.66. The Balaban J connectivity index is 0.000000531. The first-order valence-electron chi connectivity index (χ1n) is 5.77. The highest BCUT2D eigenvalue weighted by molar-refractivity contribution is 7.11. The fraction of sp³-hybridized carbons (Fsp3) is 0.750. The zero-order chi connectivity index (χ0) is 11.5. The Morgan fingerprint density at radius 3 is 2.47 bits per heavy atom. The maximum atomic E-state index is 4.70. The highest BCUT2D eigenvalue weighted by Gasteiger charge is 2.22. The molecule has 0 aliphatic carbocycles. The van der Waals surface area contributed by atoms with E-state index in [9.17, 15) is 0 Å². The summed E-state index contributed by atoms with van der Waals surface area (Å²) in [6.45, 7) is 12.8. The van der Waals surface area contributed by atoms with Crippen molar-refractivity contribution in [2.24, 2.45) is 0 Å². The van der Waals surface area contributed by atoms with E-state index in [1.807, 2.05) is 25.2 Å². The number of hydrogen-bond donors (Lipinski definition) is 1. The number of aromatic nitrogens is 1. The summed E-state index contributed by atoms with van der Waals surface area (Å²) in [5.41, 5.74) is 1.54.